The standard InChI is InChI=1S/C42H56ClF2N5O9S/c1-23(2)57-32-20-29-28(14-11-15-30(29)43)35(46-32)58-27-19-31-34(51)48-42(37(53)49-60(55,56)40(7)16-17-40)21-26(42)13-10-9-12-24(3)18-25(4)33(36(52)50(31)22-27)47-38(54)59-39(5,6)41(8,44)45/h10-11,13-15,20,23-27,31,33H,9,12,16-19,21-22H2,1-8H3,(H,47,54)(H,48,51)(H,49,53)/b13-10-/t24-,25-,26-,27-,31+,33+,42-/m1/s1. The Morgan fingerprint density at radius 2 is 1.80 bits per heavy atom. The van der Waals surface area contributed by atoms with Gasteiger partial charge in [-0.25, -0.2) is 22.0 Å². The number of carbonyl (C=O) groups excluding carboxylic acids is 4. The lowest BCUT2D eigenvalue weighted by atomic mass is 9.88. The van der Waals surface area contributed by atoms with Crippen molar-refractivity contribution in [3.63, 3.8) is 0 Å². The largest absolute Gasteiger partial charge is 0.475 e. The first-order chi connectivity index (χ1) is 27.9. The molecule has 3 N–H and O–H groups in total. The number of hydrogen-bond acceptors (Lipinski definition) is 10. The van der Waals surface area contributed by atoms with Gasteiger partial charge in [-0.3, -0.25) is 19.1 Å². The number of fused-ring (bicyclic) bond motifs is 3. The number of pyridine rings is 1. The number of carbonyl (C=O) groups is 4. The van der Waals surface area contributed by atoms with Crippen LogP contribution in [-0.2, 0) is 29.1 Å². The number of halogens is 3. The number of allylic oxidation sites excluding steroid dienone is 1. The Kier molecular flexibility index (Phi) is 12.5. The predicted octanol–water partition coefficient (Wildman–Crippen LogP) is 6.44. The second kappa shape index (κ2) is 16.6. The van der Waals surface area contributed by atoms with E-state index in [0.29, 0.717) is 54.8 Å². The summed E-state index contributed by atoms with van der Waals surface area (Å²) in [5.41, 5.74) is -3.86. The molecule has 0 spiro atoms. The maximum absolute atomic E-state index is 14.9. The second-order valence-corrected chi connectivity index (χ2v) is 20.7. The summed E-state index contributed by atoms with van der Waals surface area (Å²) in [7, 11) is -4.07. The van der Waals surface area contributed by atoms with Crippen LogP contribution < -0.4 is 24.8 Å². The molecule has 60 heavy (non-hydrogen) atoms. The fourth-order valence-corrected chi connectivity index (χ4v) is 9.35. The van der Waals surface area contributed by atoms with E-state index in [9.17, 15) is 36.4 Å². The summed E-state index contributed by atoms with van der Waals surface area (Å²) in [5, 5.41) is 6.91. The molecule has 4 amide bonds. The molecular formula is C42H56ClF2N5O9S. The molecule has 4 aliphatic rings. The Morgan fingerprint density at radius 1 is 1.10 bits per heavy atom. The monoisotopic (exact) mass is 879 g/mol. The topological polar surface area (TPSA) is 182 Å². The van der Waals surface area contributed by atoms with E-state index in [-0.39, 0.29) is 43.2 Å². The smallest absolute Gasteiger partial charge is 0.408 e. The van der Waals surface area contributed by atoms with Gasteiger partial charge in [-0.15, -0.1) is 0 Å². The highest BCUT2D eigenvalue weighted by molar-refractivity contribution is 7.91. The average molecular weight is 880 g/mol. The van der Waals surface area contributed by atoms with E-state index < -0.39 is 85.7 Å². The Bertz CT molecular complexity index is 2160. The van der Waals surface area contributed by atoms with Gasteiger partial charge in [0, 0.05) is 41.1 Å². The minimum atomic E-state index is -4.07. The van der Waals surface area contributed by atoms with Crippen LogP contribution in [0.4, 0.5) is 13.6 Å². The summed E-state index contributed by atoms with van der Waals surface area (Å²) in [6.07, 6.45) is 3.76. The molecule has 7 atom stereocenters. The number of aromatic nitrogens is 1. The van der Waals surface area contributed by atoms with Gasteiger partial charge in [-0.1, -0.05) is 43.7 Å². The van der Waals surface area contributed by atoms with Crippen LogP contribution in [-0.4, -0.2) is 94.8 Å². The molecule has 2 aliphatic carbocycles. The van der Waals surface area contributed by atoms with E-state index in [1.165, 1.54) is 4.90 Å². The van der Waals surface area contributed by atoms with E-state index in [0.717, 1.165) is 13.8 Å². The first kappa shape index (κ1) is 45.3. The fraction of sp³-hybridized carbons (Fsp3) is 0.643. The Hall–Kier alpha value is -4.25. The lowest BCUT2D eigenvalue weighted by Gasteiger charge is -2.35. The molecule has 330 valence electrons. The highest BCUT2D eigenvalue weighted by Crippen LogP contribution is 2.48. The highest BCUT2D eigenvalue weighted by atomic mass is 35.5. The summed E-state index contributed by atoms with van der Waals surface area (Å²) in [5.74, 6) is -6.51. The number of sulfonamides is 1. The molecule has 1 aromatic carbocycles. The molecule has 3 heterocycles. The van der Waals surface area contributed by atoms with Gasteiger partial charge in [0.05, 0.1) is 17.4 Å². The summed E-state index contributed by atoms with van der Waals surface area (Å²) in [6, 6.07) is 4.22. The number of nitrogens with zero attached hydrogens (tertiary/aromatic N) is 2. The van der Waals surface area contributed by atoms with Crippen molar-refractivity contribution in [2.45, 2.75) is 146 Å². The Morgan fingerprint density at radius 3 is 2.45 bits per heavy atom. The first-order valence-corrected chi connectivity index (χ1v) is 22.4. The summed E-state index contributed by atoms with van der Waals surface area (Å²) in [4.78, 5) is 62.7. The zero-order chi connectivity index (χ0) is 44.2. The van der Waals surface area contributed by atoms with Crippen molar-refractivity contribution < 1.29 is 50.6 Å². The Balaban J connectivity index is 1.38. The van der Waals surface area contributed by atoms with E-state index in [1.54, 1.807) is 38.1 Å². The number of hydrogen-bond donors (Lipinski definition) is 3. The SMILES string of the molecule is CC(C)Oc1cc2c(Cl)cccc2c(O[C@@H]2C[C@H]3C(=O)N[C@]4(C(=O)NS(=O)(=O)C5(C)CC5)C[C@H]4/C=C\CC[C@@H](C)C[C@@H](C)[C@H](NC(=O)OC(C)(C)C(C)(F)F)C(=O)N3C2)n1. The molecule has 6 rings (SSSR count). The lowest BCUT2D eigenvalue weighted by Crippen LogP contribution is -2.59. The molecule has 0 bridgehead atoms. The van der Waals surface area contributed by atoms with Crippen molar-refractivity contribution in [2.75, 3.05) is 6.54 Å². The summed E-state index contributed by atoms with van der Waals surface area (Å²) in [6.45, 7) is 11.5. The van der Waals surface area contributed by atoms with Crippen LogP contribution in [0, 0.1) is 17.8 Å². The van der Waals surface area contributed by atoms with Crippen LogP contribution in [0.1, 0.15) is 100 Å². The summed E-state index contributed by atoms with van der Waals surface area (Å²) < 4.78 is 74.1. The minimum absolute atomic E-state index is 0.00716. The van der Waals surface area contributed by atoms with Gasteiger partial charge in [0.25, 0.3) is 11.8 Å². The third kappa shape index (κ3) is 9.46. The van der Waals surface area contributed by atoms with E-state index in [4.69, 9.17) is 25.8 Å². The van der Waals surface area contributed by atoms with Crippen LogP contribution in [0.25, 0.3) is 10.8 Å². The third-order valence-corrected chi connectivity index (χ3v) is 14.8. The molecule has 3 fully saturated rings. The van der Waals surface area contributed by atoms with Gasteiger partial charge in [-0.2, -0.15) is 4.98 Å². The zero-order valence-corrected chi connectivity index (χ0v) is 36.8. The van der Waals surface area contributed by atoms with Crippen LogP contribution >= 0.6 is 11.6 Å². The normalized spacial score (nSPS) is 29.0. The highest BCUT2D eigenvalue weighted by Gasteiger charge is 2.63. The number of rotatable bonds is 10. The van der Waals surface area contributed by atoms with Gasteiger partial charge in [0.2, 0.25) is 33.6 Å². The van der Waals surface area contributed by atoms with E-state index >= 15 is 0 Å². The van der Waals surface area contributed by atoms with Crippen molar-refractivity contribution >= 4 is 56.2 Å². The average Bonchev–Trinajstić information content (AvgIpc) is 4.01. The Labute approximate surface area is 354 Å². The second-order valence-electron chi connectivity index (χ2n) is 18.1. The predicted molar refractivity (Wildman–Crippen MR) is 220 cm³/mol. The van der Waals surface area contributed by atoms with Crippen LogP contribution in [0.5, 0.6) is 11.8 Å². The lowest BCUT2D eigenvalue weighted by molar-refractivity contribution is -0.152. The van der Waals surface area contributed by atoms with Crippen molar-refractivity contribution in [2.24, 2.45) is 17.8 Å². The van der Waals surface area contributed by atoms with Crippen LogP contribution in [0.15, 0.2) is 36.4 Å². The number of alkyl halides is 2. The molecule has 2 aliphatic heterocycles. The summed E-state index contributed by atoms with van der Waals surface area (Å²) >= 11 is 6.58. The van der Waals surface area contributed by atoms with Gasteiger partial charge in [0.1, 0.15) is 23.7 Å². The fourth-order valence-electron chi connectivity index (χ4n) is 7.81. The first-order valence-electron chi connectivity index (χ1n) is 20.5. The van der Waals surface area contributed by atoms with Gasteiger partial charge < -0.3 is 29.7 Å². The molecule has 1 saturated heterocycles. The maximum atomic E-state index is 14.9. The van der Waals surface area contributed by atoms with Crippen LogP contribution in [0.2, 0.25) is 5.02 Å². The van der Waals surface area contributed by atoms with Gasteiger partial charge in [0.15, 0.2) is 5.60 Å². The van der Waals surface area contributed by atoms with Crippen molar-refractivity contribution in [3.8, 4) is 11.8 Å². The number of alkyl carbamates (subject to hydrolysis) is 1. The van der Waals surface area contributed by atoms with E-state index in [1.807, 2.05) is 32.9 Å². The molecule has 0 radical (unpaired) electrons. The van der Waals surface area contributed by atoms with Crippen molar-refractivity contribution in [1.29, 1.82) is 0 Å². The molecular weight excluding hydrogens is 824 g/mol. The van der Waals surface area contributed by atoms with E-state index in [2.05, 4.69) is 20.3 Å². The van der Waals surface area contributed by atoms with Crippen LogP contribution in [0.3, 0.4) is 0 Å². The minimum Gasteiger partial charge on any atom is -0.475 e. The zero-order valence-electron chi connectivity index (χ0n) is 35.3. The van der Waals surface area contributed by atoms with Crippen molar-refractivity contribution in [1.82, 2.24) is 25.2 Å². The number of benzene rings is 1. The molecule has 1 aromatic heterocycles. The van der Waals surface area contributed by atoms with Crippen molar-refractivity contribution in [3.05, 3.63) is 41.4 Å². The molecule has 2 saturated carbocycles. The molecule has 14 nitrogen and oxygen atoms in total. The number of nitrogens with one attached hydrogen (secondary N) is 3. The van der Waals surface area contributed by atoms with Gasteiger partial charge >= 0.3 is 6.09 Å². The number of amides is 4. The maximum Gasteiger partial charge on any atom is 0.408 e. The number of ether oxygens (including phenoxy) is 3. The molecule has 2 aromatic rings. The molecule has 18 heteroatoms. The quantitative estimate of drug-likeness (QED) is 0.225. The van der Waals surface area contributed by atoms with Gasteiger partial charge in [-0.05, 0) is 97.1 Å². The molecule has 0 unspecified atom stereocenters. The third-order valence-electron chi connectivity index (χ3n) is 12.3.